The van der Waals surface area contributed by atoms with Crippen molar-refractivity contribution in [2.75, 3.05) is 13.1 Å². The van der Waals surface area contributed by atoms with Crippen LogP contribution in [0.3, 0.4) is 0 Å². The van der Waals surface area contributed by atoms with E-state index >= 15 is 0 Å². The molecule has 1 saturated heterocycles. The summed E-state index contributed by atoms with van der Waals surface area (Å²) in [4.78, 5) is 11.2. The quantitative estimate of drug-likeness (QED) is 0.681. The Morgan fingerprint density at radius 3 is 2.92 bits per heavy atom. The van der Waals surface area contributed by atoms with Gasteiger partial charge in [-0.25, -0.2) is 0 Å². The van der Waals surface area contributed by atoms with Crippen molar-refractivity contribution in [2.24, 2.45) is 5.92 Å². The van der Waals surface area contributed by atoms with E-state index in [1.54, 1.807) is 0 Å². The molecule has 1 rings (SSSR count). The van der Waals surface area contributed by atoms with Gasteiger partial charge in [0.15, 0.2) is 0 Å². The summed E-state index contributed by atoms with van der Waals surface area (Å²) >= 11 is 0. The average Bonchev–Trinajstić information content (AvgIpc) is 2.56. The van der Waals surface area contributed by atoms with Crippen molar-refractivity contribution in [3.05, 3.63) is 0 Å². The van der Waals surface area contributed by atoms with E-state index in [1.165, 1.54) is 12.8 Å². The predicted molar refractivity (Wildman–Crippen MR) is 53.5 cm³/mol. The summed E-state index contributed by atoms with van der Waals surface area (Å²) in [6.07, 6.45) is 3.61. The van der Waals surface area contributed by atoms with Crippen LogP contribution in [0.25, 0.3) is 0 Å². The molecule has 0 aromatic carbocycles. The van der Waals surface area contributed by atoms with E-state index in [1.807, 2.05) is 13.8 Å². The molecule has 3 heteroatoms. The highest BCUT2D eigenvalue weighted by atomic mass is 16.1. The lowest BCUT2D eigenvalue weighted by Gasteiger charge is -2.11. The minimum absolute atomic E-state index is 0.108. The number of carbonyl (C=O) groups is 1. The summed E-state index contributed by atoms with van der Waals surface area (Å²) in [5.41, 5.74) is 0. The van der Waals surface area contributed by atoms with Crippen molar-refractivity contribution in [1.29, 1.82) is 0 Å². The highest BCUT2D eigenvalue weighted by Crippen LogP contribution is 2.07. The molecule has 1 aliphatic rings. The lowest BCUT2D eigenvalue weighted by molar-refractivity contribution is -0.123. The van der Waals surface area contributed by atoms with Crippen LogP contribution in [-0.2, 0) is 4.79 Å². The van der Waals surface area contributed by atoms with Crippen LogP contribution in [0.1, 0.15) is 33.1 Å². The zero-order valence-corrected chi connectivity index (χ0v) is 8.60. The van der Waals surface area contributed by atoms with Gasteiger partial charge in [0.2, 0.25) is 5.91 Å². The van der Waals surface area contributed by atoms with Gasteiger partial charge in [0.25, 0.3) is 0 Å². The summed E-state index contributed by atoms with van der Waals surface area (Å²) in [7, 11) is 0. The lowest BCUT2D eigenvalue weighted by Crippen LogP contribution is -2.32. The van der Waals surface area contributed by atoms with Crippen molar-refractivity contribution >= 4 is 5.91 Å². The highest BCUT2D eigenvalue weighted by Gasteiger charge is 2.13. The number of hydrogen-bond acceptors (Lipinski definition) is 2. The van der Waals surface area contributed by atoms with Gasteiger partial charge in [-0.3, -0.25) is 4.79 Å². The molecule has 1 fully saturated rings. The van der Waals surface area contributed by atoms with Gasteiger partial charge in [-0.1, -0.05) is 13.8 Å². The van der Waals surface area contributed by atoms with Gasteiger partial charge in [0, 0.05) is 18.5 Å². The molecule has 3 nitrogen and oxygen atoms in total. The van der Waals surface area contributed by atoms with Crippen molar-refractivity contribution < 1.29 is 4.79 Å². The third kappa shape index (κ3) is 3.77. The minimum atomic E-state index is 0.108. The number of hydrogen-bond donors (Lipinski definition) is 2. The Morgan fingerprint density at radius 1 is 1.62 bits per heavy atom. The first-order valence-electron chi connectivity index (χ1n) is 5.21. The second-order valence-electron chi connectivity index (χ2n) is 4.03. The van der Waals surface area contributed by atoms with E-state index in [0.717, 1.165) is 19.5 Å². The first-order valence-corrected chi connectivity index (χ1v) is 5.21. The maximum Gasteiger partial charge on any atom is 0.222 e. The van der Waals surface area contributed by atoms with Crippen molar-refractivity contribution in [3.8, 4) is 0 Å². The zero-order chi connectivity index (χ0) is 9.68. The van der Waals surface area contributed by atoms with Crippen LogP contribution in [0.4, 0.5) is 0 Å². The maximum atomic E-state index is 11.2. The molecule has 0 aliphatic carbocycles. The Bertz CT molecular complexity index is 162. The van der Waals surface area contributed by atoms with Gasteiger partial charge in [-0.05, 0) is 25.8 Å². The molecule has 1 heterocycles. The fourth-order valence-electron chi connectivity index (χ4n) is 1.58. The molecule has 1 amide bonds. The largest absolute Gasteiger partial charge is 0.356 e. The van der Waals surface area contributed by atoms with Crippen LogP contribution in [0.2, 0.25) is 0 Å². The maximum absolute atomic E-state index is 11.2. The van der Waals surface area contributed by atoms with Crippen LogP contribution in [0.15, 0.2) is 0 Å². The third-order valence-electron chi connectivity index (χ3n) is 2.48. The van der Waals surface area contributed by atoms with Crippen LogP contribution in [-0.4, -0.2) is 25.0 Å². The van der Waals surface area contributed by atoms with Crippen molar-refractivity contribution in [1.82, 2.24) is 10.6 Å². The molecule has 0 unspecified atom stereocenters. The van der Waals surface area contributed by atoms with Gasteiger partial charge in [0.05, 0.1) is 0 Å². The van der Waals surface area contributed by atoms with Gasteiger partial charge >= 0.3 is 0 Å². The second kappa shape index (κ2) is 5.22. The molecule has 13 heavy (non-hydrogen) atoms. The standard InChI is InChI=1S/C10H20N2O/c1-8(2)10(13)12-7-5-9-4-3-6-11-9/h8-9,11H,3-7H2,1-2H3,(H,12,13)/t9-/m1/s1. The van der Waals surface area contributed by atoms with Crippen LogP contribution in [0.5, 0.6) is 0 Å². The van der Waals surface area contributed by atoms with E-state index in [9.17, 15) is 4.79 Å². The fourth-order valence-corrected chi connectivity index (χ4v) is 1.58. The van der Waals surface area contributed by atoms with Crippen LogP contribution < -0.4 is 10.6 Å². The molecular formula is C10H20N2O. The molecule has 0 radical (unpaired) electrons. The first-order chi connectivity index (χ1) is 6.20. The van der Waals surface area contributed by atoms with E-state index < -0.39 is 0 Å². The second-order valence-corrected chi connectivity index (χ2v) is 4.03. The summed E-state index contributed by atoms with van der Waals surface area (Å²) in [6, 6.07) is 0.632. The highest BCUT2D eigenvalue weighted by molar-refractivity contribution is 5.77. The SMILES string of the molecule is CC(C)C(=O)NCC[C@H]1CCCN1. The van der Waals surface area contributed by atoms with E-state index in [0.29, 0.717) is 6.04 Å². The van der Waals surface area contributed by atoms with Crippen molar-refractivity contribution in [3.63, 3.8) is 0 Å². The van der Waals surface area contributed by atoms with Crippen molar-refractivity contribution in [2.45, 2.75) is 39.2 Å². The number of nitrogens with one attached hydrogen (secondary N) is 2. The van der Waals surface area contributed by atoms with E-state index in [4.69, 9.17) is 0 Å². The third-order valence-corrected chi connectivity index (χ3v) is 2.48. The Labute approximate surface area is 80.3 Å². The summed E-state index contributed by atoms with van der Waals surface area (Å²) in [6.45, 7) is 5.80. The minimum Gasteiger partial charge on any atom is -0.356 e. The van der Waals surface area contributed by atoms with Gasteiger partial charge in [0.1, 0.15) is 0 Å². The van der Waals surface area contributed by atoms with Crippen LogP contribution >= 0.6 is 0 Å². The Balaban J connectivity index is 2.03. The number of rotatable bonds is 4. The van der Waals surface area contributed by atoms with Crippen LogP contribution in [0, 0.1) is 5.92 Å². The normalized spacial score (nSPS) is 22.2. The lowest BCUT2D eigenvalue weighted by atomic mass is 10.1. The number of carbonyl (C=O) groups excluding carboxylic acids is 1. The molecule has 0 saturated carbocycles. The molecule has 1 aliphatic heterocycles. The molecular weight excluding hydrogens is 164 g/mol. The fraction of sp³-hybridized carbons (Fsp3) is 0.900. The van der Waals surface area contributed by atoms with Gasteiger partial charge in [-0.2, -0.15) is 0 Å². The van der Waals surface area contributed by atoms with E-state index in [-0.39, 0.29) is 11.8 Å². The first kappa shape index (κ1) is 10.5. The molecule has 0 spiro atoms. The van der Waals surface area contributed by atoms with E-state index in [2.05, 4.69) is 10.6 Å². The Morgan fingerprint density at radius 2 is 2.38 bits per heavy atom. The monoisotopic (exact) mass is 184 g/mol. The molecule has 0 bridgehead atoms. The molecule has 76 valence electrons. The predicted octanol–water partition coefficient (Wildman–Crippen LogP) is 0.901. The smallest absolute Gasteiger partial charge is 0.222 e. The molecule has 2 N–H and O–H groups in total. The summed E-state index contributed by atoms with van der Waals surface area (Å²) < 4.78 is 0. The molecule has 0 aromatic rings. The Kier molecular flexibility index (Phi) is 4.22. The van der Waals surface area contributed by atoms with Gasteiger partial charge in [-0.15, -0.1) is 0 Å². The average molecular weight is 184 g/mol. The Hall–Kier alpha value is -0.570. The molecule has 1 atom stereocenters. The molecule has 0 aromatic heterocycles. The summed E-state index contributed by atoms with van der Waals surface area (Å²) in [5.74, 6) is 0.273. The van der Waals surface area contributed by atoms with Gasteiger partial charge < -0.3 is 10.6 Å². The zero-order valence-electron chi connectivity index (χ0n) is 8.60. The topological polar surface area (TPSA) is 41.1 Å². The number of amides is 1. The summed E-state index contributed by atoms with van der Waals surface area (Å²) in [5, 5.41) is 6.34.